The fraction of sp³-hybridized carbons (Fsp3) is 0.0769. The van der Waals surface area contributed by atoms with Crippen LogP contribution in [0.1, 0.15) is 10.4 Å². The van der Waals surface area contributed by atoms with Crippen LogP contribution in [0.4, 0.5) is 5.69 Å². The van der Waals surface area contributed by atoms with Gasteiger partial charge in [0.1, 0.15) is 5.03 Å². The molecule has 4 heteroatoms. The van der Waals surface area contributed by atoms with Crippen LogP contribution in [0.15, 0.2) is 53.7 Å². The lowest BCUT2D eigenvalue weighted by atomic mass is 10.2. The van der Waals surface area contributed by atoms with Crippen molar-refractivity contribution in [3.63, 3.8) is 0 Å². The molecule has 0 aliphatic heterocycles. The van der Waals surface area contributed by atoms with E-state index in [4.69, 9.17) is 0 Å². The van der Waals surface area contributed by atoms with Gasteiger partial charge < -0.3 is 5.32 Å². The van der Waals surface area contributed by atoms with Crippen molar-refractivity contribution in [3.8, 4) is 0 Å². The molecule has 1 amide bonds. The summed E-state index contributed by atoms with van der Waals surface area (Å²) >= 11 is 1.46. The second-order valence-corrected chi connectivity index (χ2v) is 4.18. The van der Waals surface area contributed by atoms with Gasteiger partial charge in [0.2, 0.25) is 0 Å². The van der Waals surface area contributed by atoms with Crippen molar-refractivity contribution in [3.05, 3.63) is 54.2 Å². The van der Waals surface area contributed by atoms with Crippen LogP contribution in [0.5, 0.6) is 0 Å². The van der Waals surface area contributed by atoms with Gasteiger partial charge in [-0.1, -0.05) is 18.2 Å². The van der Waals surface area contributed by atoms with Gasteiger partial charge in [-0.2, -0.15) is 0 Å². The second-order valence-electron chi connectivity index (χ2n) is 3.38. The van der Waals surface area contributed by atoms with Gasteiger partial charge in [-0.3, -0.25) is 4.79 Å². The number of anilines is 1. The van der Waals surface area contributed by atoms with Gasteiger partial charge in [0.15, 0.2) is 0 Å². The molecule has 2 rings (SSSR count). The number of rotatable bonds is 3. The first-order valence-electron chi connectivity index (χ1n) is 5.16. The van der Waals surface area contributed by atoms with E-state index >= 15 is 0 Å². The summed E-state index contributed by atoms with van der Waals surface area (Å²) in [5, 5.41) is 3.58. The summed E-state index contributed by atoms with van der Waals surface area (Å²) in [6.45, 7) is 0. The zero-order valence-corrected chi connectivity index (χ0v) is 10.2. The van der Waals surface area contributed by atoms with E-state index in [-0.39, 0.29) is 5.91 Å². The largest absolute Gasteiger partial charge is 0.322 e. The third kappa shape index (κ3) is 2.85. The van der Waals surface area contributed by atoms with Crippen LogP contribution in [0, 0.1) is 0 Å². The van der Waals surface area contributed by atoms with Crippen molar-refractivity contribution in [2.75, 3.05) is 11.6 Å². The Morgan fingerprint density at radius 3 is 2.65 bits per heavy atom. The van der Waals surface area contributed by atoms with Crippen LogP contribution >= 0.6 is 11.8 Å². The molecule has 0 bridgehead atoms. The predicted molar refractivity (Wildman–Crippen MR) is 70.4 cm³/mol. The van der Waals surface area contributed by atoms with Gasteiger partial charge >= 0.3 is 0 Å². The topological polar surface area (TPSA) is 42.0 Å². The molecule has 17 heavy (non-hydrogen) atoms. The van der Waals surface area contributed by atoms with Gasteiger partial charge in [0.25, 0.3) is 5.91 Å². The van der Waals surface area contributed by atoms with Crippen LogP contribution in [0.3, 0.4) is 0 Å². The Labute approximate surface area is 104 Å². The number of carbonyl (C=O) groups excluding carboxylic acids is 1. The highest BCUT2D eigenvalue weighted by Crippen LogP contribution is 2.18. The highest BCUT2D eigenvalue weighted by Gasteiger charge is 2.11. The fourth-order valence-corrected chi connectivity index (χ4v) is 1.99. The first kappa shape index (κ1) is 11.7. The predicted octanol–water partition coefficient (Wildman–Crippen LogP) is 3.06. The minimum Gasteiger partial charge on any atom is -0.322 e. The number of thioether (sulfide) groups is 1. The molecule has 3 nitrogen and oxygen atoms in total. The number of hydrogen-bond acceptors (Lipinski definition) is 3. The molecule has 1 aromatic heterocycles. The Kier molecular flexibility index (Phi) is 3.77. The molecular weight excluding hydrogens is 232 g/mol. The average molecular weight is 244 g/mol. The van der Waals surface area contributed by atoms with E-state index in [1.807, 2.05) is 36.6 Å². The van der Waals surface area contributed by atoms with Crippen molar-refractivity contribution >= 4 is 23.4 Å². The standard InChI is InChI=1S/C13H12N2OS/c1-17-13-11(8-5-9-14-13)12(16)15-10-6-3-2-4-7-10/h2-9H,1H3,(H,15,16). The van der Waals surface area contributed by atoms with Crippen molar-refractivity contribution < 1.29 is 4.79 Å². The number of hydrogen-bond donors (Lipinski definition) is 1. The number of pyridine rings is 1. The highest BCUT2D eigenvalue weighted by molar-refractivity contribution is 7.98. The van der Waals surface area contributed by atoms with Crippen LogP contribution < -0.4 is 5.32 Å². The third-order valence-electron chi connectivity index (χ3n) is 2.24. The van der Waals surface area contributed by atoms with E-state index in [9.17, 15) is 4.79 Å². The normalized spacial score (nSPS) is 9.94. The lowest BCUT2D eigenvalue weighted by Crippen LogP contribution is -2.13. The lowest BCUT2D eigenvalue weighted by Gasteiger charge is -2.07. The van der Waals surface area contributed by atoms with E-state index in [0.717, 1.165) is 10.7 Å². The molecule has 0 aliphatic carbocycles. The van der Waals surface area contributed by atoms with E-state index in [1.165, 1.54) is 11.8 Å². The number of carbonyl (C=O) groups is 1. The van der Waals surface area contributed by atoms with Gasteiger partial charge in [-0.25, -0.2) is 4.98 Å². The summed E-state index contributed by atoms with van der Waals surface area (Å²) < 4.78 is 0. The Morgan fingerprint density at radius 1 is 1.18 bits per heavy atom. The van der Waals surface area contributed by atoms with Crippen molar-refractivity contribution in [2.45, 2.75) is 5.03 Å². The number of benzene rings is 1. The minimum absolute atomic E-state index is 0.131. The molecule has 2 aromatic rings. The molecule has 0 radical (unpaired) electrons. The van der Waals surface area contributed by atoms with Crippen LogP contribution in [-0.2, 0) is 0 Å². The van der Waals surface area contributed by atoms with Crippen molar-refractivity contribution in [1.29, 1.82) is 0 Å². The van der Waals surface area contributed by atoms with Crippen LogP contribution in [-0.4, -0.2) is 17.1 Å². The van der Waals surface area contributed by atoms with Gasteiger partial charge in [-0.15, -0.1) is 11.8 Å². The molecule has 0 atom stereocenters. The molecule has 0 aliphatic rings. The first-order chi connectivity index (χ1) is 8.31. The lowest BCUT2D eigenvalue weighted by molar-refractivity contribution is 0.102. The number of amides is 1. The maximum absolute atomic E-state index is 12.0. The van der Waals surface area contributed by atoms with Gasteiger partial charge in [0, 0.05) is 11.9 Å². The molecule has 1 aromatic carbocycles. The van der Waals surface area contributed by atoms with E-state index in [1.54, 1.807) is 18.3 Å². The monoisotopic (exact) mass is 244 g/mol. The fourth-order valence-electron chi connectivity index (χ4n) is 1.45. The number of para-hydroxylation sites is 1. The second kappa shape index (κ2) is 5.50. The minimum atomic E-state index is -0.131. The van der Waals surface area contributed by atoms with Gasteiger partial charge in [-0.05, 0) is 30.5 Å². The Morgan fingerprint density at radius 2 is 1.94 bits per heavy atom. The van der Waals surface area contributed by atoms with E-state index < -0.39 is 0 Å². The van der Waals surface area contributed by atoms with E-state index in [2.05, 4.69) is 10.3 Å². The smallest absolute Gasteiger partial charge is 0.258 e. The van der Waals surface area contributed by atoms with E-state index in [0.29, 0.717) is 5.56 Å². The molecule has 1 N–H and O–H groups in total. The average Bonchev–Trinajstić information content (AvgIpc) is 2.40. The zero-order chi connectivity index (χ0) is 12.1. The molecule has 0 saturated heterocycles. The summed E-state index contributed by atoms with van der Waals surface area (Å²) in [5.41, 5.74) is 1.39. The summed E-state index contributed by atoms with van der Waals surface area (Å²) in [4.78, 5) is 16.2. The quantitative estimate of drug-likeness (QED) is 0.844. The third-order valence-corrected chi connectivity index (χ3v) is 2.95. The Bertz CT molecular complexity index is 514. The molecule has 0 saturated carbocycles. The zero-order valence-electron chi connectivity index (χ0n) is 9.38. The van der Waals surface area contributed by atoms with Crippen LogP contribution in [0.2, 0.25) is 0 Å². The maximum Gasteiger partial charge on any atom is 0.258 e. The molecule has 0 unspecified atom stereocenters. The number of nitrogens with zero attached hydrogens (tertiary/aromatic N) is 1. The van der Waals surface area contributed by atoms with Crippen molar-refractivity contribution in [2.24, 2.45) is 0 Å². The summed E-state index contributed by atoms with van der Waals surface area (Å²) in [7, 11) is 0. The van der Waals surface area contributed by atoms with Crippen LogP contribution in [0.25, 0.3) is 0 Å². The molecule has 1 heterocycles. The Hall–Kier alpha value is -1.81. The number of nitrogens with one attached hydrogen (secondary N) is 1. The summed E-state index contributed by atoms with van der Waals surface area (Å²) in [5.74, 6) is -0.131. The molecule has 0 fully saturated rings. The van der Waals surface area contributed by atoms with Crippen molar-refractivity contribution in [1.82, 2.24) is 4.98 Å². The van der Waals surface area contributed by atoms with Gasteiger partial charge in [0.05, 0.1) is 5.56 Å². The molecule has 86 valence electrons. The highest BCUT2D eigenvalue weighted by atomic mass is 32.2. The maximum atomic E-state index is 12.0. The SMILES string of the molecule is CSc1ncccc1C(=O)Nc1ccccc1. The Balaban J connectivity index is 2.20. The molecular formula is C13H12N2OS. The number of aromatic nitrogens is 1. The summed E-state index contributed by atoms with van der Waals surface area (Å²) in [6.07, 6.45) is 3.59. The molecule has 0 spiro atoms. The first-order valence-corrected chi connectivity index (χ1v) is 6.39. The summed E-state index contributed by atoms with van der Waals surface area (Å²) in [6, 6.07) is 12.9.